The van der Waals surface area contributed by atoms with E-state index >= 15 is 0 Å². The van der Waals surface area contributed by atoms with Crippen LogP contribution in [0, 0.1) is 0 Å². The first-order valence-corrected chi connectivity index (χ1v) is 4.45. The van der Waals surface area contributed by atoms with Crippen LogP contribution in [-0.2, 0) is 4.74 Å². The summed E-state index contributed by atoms with van der Waals surface area (Å²) in [6.07, 6.45) is -3.77. The molecule has 1 heterocycles. The van der Waals surface area contributed by atoms with Gasteiger partial charge in [-0.05, 0) is 0 Å². The zero-order valence-corrected chi connectivity index (χ0v) is 7.30. The third-order valence-corrected chi connectivity index (χ3v) is 2.36. The maximum atomic E-state index is 9.09. The maximum absolute atomic E-state index is 9.09. The van der Waals surface area contributed by atoms with Crippen LogP contribution in [0.5, 0.6) is 0 Å². The van der Waals surface area contributed by atoms with E-state index in [-0.39, 0.29) is 0 Å². The van der Waals surface area contributed by atoms with Crippen molar-refractivity contribution in [1.82, 2.24) is 0 Å². The van der Waals surface area contributed by atoms with Gasteiger partial charge < -0.3 is 20.1 Å². The van der Waals surface area contributed by atoms with Crippen LogP contribution in [0.15, 0.2) is 0 Å². The van der Waals surface area contributed by atoms with E-state index in [4.69, 9.17) is 20.1 Å². The molecule has 4 nitrogen and oxygen atoms in total. The normalized spacial score (nSPS) is 48.0. The molecule has 60 valence electrons. The van der Waals surface area contributed by atoms with E-state index in [9.17, 15) is 0 Å². The SMILES string of the molecule is O[C@@H]1[C@H](O)[C@@H](CI)O[C@@H]1O. The Kier molecular flexibility index (Phi) is 2.87. The molecule has 1 aliphatic heterocycles. The van der Waals surface area contributed by atoms with Crippen LogP contribution in [0.25, 0.3) is 0 Å². The molecule has 0 aromatic rings. The van der Waals surface area contributed by atoms with Crippen molar-refractivity contribution in [1.29, 1.82) is 0 Å². The van der Waals surface area contributed by atoms with E-state index in [1.54, 1.807) is 0 Å². The zero-order chi connectivity index (χ0) is 7.72. The van der Waals surface area contributed by atoms with Crippen molar-refractivity contribution in [3.05, 3.63) is 0 Å². The summed E-state index contributed by atoms with van der Waals surface area (Å²) in [7, 11) is 0. The van der Waals surface area contributed by atoms with Gasteiger partial charge in [0.1, 0.15) is 12.2 Å². The van der Waals surface area contributed by atoms with Gasteiger partial charge in [0.15, 0.2) is 6.29 Å². The molecule has 0 aromatic carbocycles. The Morgan fingerprint density at radius 1 is 1.20 bits per heavy atom. The number of aliphatic hydroxyl groups excluding tert-OH is 3. The molecule has 0 spiro atoms. The minimum Gasteiger partial charge on any atom is -0.387 e. The topological polar surface area (TPSA) is 69.9 Å². The van der Waals surface area contributed by atoms with Gasteiger partial charge in [0.05, 0.1) is 6.10 Å². The molecule has 4 atom stereocenters. The molecule has 5 heteroatoms. The third kappa shape index (κ3) is 1.42. The average molecular weight is 260 g/mol. The summed E-state index contributed by atoms with van der Waals surface area (Å²) in [6, 6.07) is 0. The largest absolute Gasteiger partial charge is 0.387 e. The number of alkyl halides is 1. The van der Waals surface area contributed by atoms with E-state index in [0.717, 1.165) is 0 Å². The highest BCUT2D eigenvalue weighted by atomic mass is 127. The van der Waals surface area contributed by atoms with Gasteiger partial charge in [-0.15, -0.1) is 0 Å². The molecule has 1 aliphatic rings. The van der Waals surface area contributed by atoms with Crippen LogP contribution in [0.2, 0.25) is 0 Å². The van der Waals surface area contributed by atoms with Gasteiger partial charge in [0.2, 0.25) is 0 Å². The number of halogens is 1. The number of ether oxygens (including phenoxy) is 1. The summed E-state index contributed by atoms with van der Waals surface area (Å²) in [5.41, 5.74) is 0. The highest BCUT2D eigenvalue weighted by Crippen LogP contribution is 2.20. The van der Waals surface area contributed by atoms with Crippen molar-refractivity contribution < 1.29 is 20.1 Å². The molecule has 0 amide bonds. The lowest BCUT2D eigenvalue weighted by molar-refractivity contribution is -0.123. The molecule has 1 fully saturated rings. The Balaban J connectivity index is 2.53. The second-order valence-corrected chi connectivity index (χ2v) is 3.08. The van der Waals surface area contributed by atoms with Crippen molar-refractivity contribution in [2.75, 3.05) is 4.43 Å². The van der Waals surface area contributed by atoms with Crippen molar-refractivity contribution in [3.63, 3.8) is 0 Å². The van der Waals surface area contributed by atoms with Crippen molar-refractivity contribution in [3.8, 4) is 0 Å². The fourth-order valence-electron chi connectivity index (χ4n) is 0.856. The molecule has 1 saturated heterocycles. The monoisotopic (exact) mass is 260 g/mol. The van der Waals surface area contributed by atoms with Crippen LogP contribution in [0.3, 0.4) is 0 Å². The molecule has 0 aliphatic carbocycles. The van der Waals surface area contributed by atoms with Crippen molar-refractivity contribution in [2.45, 2.75) is 24.6 Å². The fraction of sp³-hybridized carbons (Fsp3) is 1.00. The first-order valence-electron chi connectivity index (χ1n) is 2.92. The third-order valence-electron chi connectivity index (χ3n) is 1.49. The predicted octanol–water partition coefficient (Wildman–Crippen LogP) is -1.14. The quantitative estimate of drug-likeness (QED) is 0.412. The lowest BCUT2D eigenvalue weighted by Gasteiger charge is -2.09. The maximum Gasteiger partial charge on any atom is 0.183 e. The predicted molar refractivity (Wildman–Crippen MR) is 41.8 cm³/mol. The van der Waals surface area contributed by atoms with E-state index < -0.39 is 24.6 Å². The zero-order valence-electron chi connectivity index (χ0n) is 5.14. The van der Waals surface area contributed by atoms with Crippen LogP contribution in [-0.4, -0.2) is 44.3 Å². The molecule has 10 heavy (non-hydrogen) atoms. The standard InChI is InChI=1S/C5H9IO4/c6-1-2-3(7)4(8)5(9)10-2/h2-5,7-9H,1H2/t2-,3-,4-,5+/m1/s1. The van der Waals surface area contributed by atoms with Gasteiger partial charge >= 0.3 is 0 Å². The summed E-state index contributed by atoms with van der Waals surface area (Å²) in [5.74, 6) is 0. The number of rotatable bonds is 1. The first kappa shape index (κ1) is 8.66. The summed E-state index contributed by atoms with van der Waals surface area (Å²) in [4.78, 5) is 0. The van der Waals surface area contributed by atoms with Crippen LogP contribution in [0.4, 0.5) is 0 Å². The Hall–Kier alpha value is 0.570. The Morgan fingerprint density at radius 2 is 1.80 bits per heavy atom. The molecule has 3 N–H and O–H groups in total. The minimum absolute atomic E-state index is 0.439. The molecule has 1 rings (SSSR count). The van der Waals surface area contributed by atoms with Gasteiger partial charge in [-0.3, -0.25) is 0 Å². The number of aliphatic hydroxyl groups is 3. The van der Waals surface area contributed by atoms with Crippen LogP contribution < -0.4 is 0 Å². The number of hydrogen-bond donors (Lipinski definition) is 3. The van der Waals surface area contributed by atoms with Crippen LogP contribution in [0.1, 0.15) is 0 Å². The van der Waals surface area contributed by atoms with Crippen molar-refractivity contribution in [2.24, 2.45) is 0 Å². The van der Waals surface area contributed by atoms with Gasteiger partial charge in [0, 0.05) is 4.43 Å². The molecule has 0 radical (unpaired) electrons. The summed E-state index contributed by atoms with van der Waals surface area (Å²) >= 11 is 2.02. The van der Waals surface area contributed by atoms with Gasteiger partial charge in [-0.2, -0.15) is 0 Å². The molecular formula is C5H9IO4. The lowest BCUT2D eigenvalue weighted by atomic mass is 10.2. The molecule has 0 bridgehead atoms. The van der Waals surface area contributed by atoms with Crippen molar-refractivity contribution >= 4 is 22.6 Å². The van der Waals surface area contributed by atoms with Gasteiger partial charge in [0.25, 0.3) is 0 Å². The fourth-order valence-corrected chi connectivity index (χ4v) is 1.58. The summed E-state index contributed by atoms with van der Waals surface area (Å²) in [5, 5.41) is 26.9. The Bertz CT molecular complexity index is 120. The summed E-state index contributed by atoms with van der Waals surface area (Å²) < 4.78 is 5.35. The Morgan fingerprint density at radius 3 is 2.00 bits per heavy atom. The average Bonchev–Trinajstić information content (AvgIpc) is 2.17. The molecular weight excluding hydrogens is 251 g/mol. The smallest absolute Gasteiger partial charge is 0.183 e. The first-order chi connectivity index (χ1) is 4.66. The second kappa shape index (κ2) is 3.31. The highest BCUT2D eigenvalue weighted by molar-refractivity contribution is 14.1. The van der Waals surface area contributed by atoms with Crippen LogP contribution >= 0.6 is 22.6 Å². The van der Waals surface area contributed by atoms with E-state index in [0.29, 0.717) is 4.43 Å². The second-order valence-electron chi connectivity index (χ2n) is 2.20. The van der Waals surface area contributed by atoms with E-state index in [1.165, 1.54) is 0 Å². The minimum atomic E-state index is -1.23. The highest BCUT2D eigenvalue weighted by Gasteiger charge is 2.40. The molecule has 0 saturated carbocycles. The number of hydrogen-bond acceptors (Lipinski definition) is 4. The lowest BCUT2D eigenvalue weighted by Crippen LogP contribution is -2.32. The van der Waals surface area contributed by atoms with Gasteiger partial charge in [-0.25, -0.2) is 0 Å². The van der Waals surface area contributed by atoms with E-state index in [1.807, 2.05) is 22.6 Å². The molecule has 0 aromatic heterocycles. The summed E-state index contributed by atoms with van der Waals surface area (Å²) in [6.45, 7) is 0. The van der Waals surface area contributed by atoms with Gasteiger partial charge in [-0.1, -0.05) is 22.6 Å². The molecule has 0 unspecified atom stereocenters. The Labute approximate surface area is 72.0 Å². The van der Waals surface area contributed by atoms with E-state index in [2.05, 4.69) is 0 Å².